The first-order chi connectivity index (χ1) is 7.31. The van der Waals surface area contributed by atoms with Crippen molar-refractivity contribution < 1.29 is 0 Å². The fourth-order valence-corrected chi connectivity index (χ4v) is 1.62. The summed E-state index contributed by atoms with van der Waals surface area (Å²) >= 11 is 0. The van der Waals surface area contributed by atoms with Crippen molar-refractivity contribution in [3.05, 3.63) is 53.6 Å². The molecule has 2 N–H and O–H groups in total. The SMILES string of the molecule is Cn1c(CN)cnc1Cc1ccccc1. The molecule has 0 aliphatic heterocycles. The van der Waals surface area contributed by atoms with Crippen LogP contribution >= 0.6 is 0 Å². The largest absolute Gasteiger partial charge is 0.334 e. The predicted octanol–water partition coefficient (Wildman–Crippen LogP) is 1.47. The normalized spacial score (nSPS) is 10.5. The summed E-state index contributed by atoms with van der Waals surface area (Å²) in [6.45, 7) is 0.540. The molecule has 0 spiro atoms. The Morgan fingerprint density at radius 1 is 1.27 bits per heavy atom. The van der Waals surface area contributed by atoms with Crippen LogP contribution in [-0.2, 0) is 20.0 Å². The number of nitrogens with zero attached hydrogens (tertiary/aromatic N) is 2. The number of hydrogen-bond acceptors (Lipinski definition) is 2. The summed E-state index contributed by atoms with van der Waals surface area (Å²) in [7, 11) is 2.01. The number of hydrogen-bond donors (Lipinski definition) is 1. The molecule has 0 saturated heterocycles. The minimum Gasteiger partial charge on any atom is -0.334 e. The summed E-state index contributed by atoms with van der Waals surface area (Å²) in [6.07, 6.45) is 2.70. The molecule has 0 amide bonds. The maximum Gasteiger partial charge on any atom is 0.113 e. The van der Waals surface area contributed by atoms with Crippen LogP contribution in [0.5, 0.6) is 0 Å². The second-order valence-corrected chi connectivity index (χ2v) is 3.59. The van der Waals surface area contributed by atoms with Gasteiger partial charge in [-0.15, -0.1) is 0 Å². The highest BCUT2D eigenvalue weighted by Crippen LogP contribution is 2.09. The lowest BCUT2D eigenvalue weighted by molar-refractivity contribution is 0.767. The molecule has 0 aliphatic carbocycles. The molecule has 0 fully saturated rings. The maximum atomic E-state index is 5.60. The van der Waals surface area contributed by atoms with Crippen LogP contribution in [0.1, 0.15) is 17.1 Å². The fourth-order valence-electron chi connectivity index (χ4n) is 1.62. The van der Waals surface area contributed by atoms with Crippen molar-refractivity contribution in [3.63, 3.8) is 0 Å². The Morgan fingerprint density at radius 2 is 2.00 bits per heavy atom. The van der Waals surface area contributed by atoms with Gasteiger partial charge in [-0.1, -0.05) is 30.3 Å². The molecule has 0 radical (unpaired) electrons. The summed E-state index contributed by atoms with van der Waals surface area (Å²) in [5.74, 6) is 1.06. The van der Waals surface area contributed by atoms with E-state index in [1.165, 1.54) is 5.56 Å². The van der Waals surface area contributed by atoms with E-state index in [1.807, 2.05) is 31.4 Å². The number of aromatic nitrogens is 2. The minimum atomic E-state index is 0.540. The van der Waals surface area contributed by atoms with Gasteiger partial charge in [0.15, 0.2) is 0 Å². The van der Waals surface area contributed by atoms with Crippen LogP contribution in [-0.4, -0.2) is 9.55 Å². The zero-order valence-electron chi connectivity index (χ0n) is 8.85. The molecule has 2 rings (SSSR count). The molecule has 0 atom stereocenters. The summed E-state index contributed by atoms with van der Waals surface area (Å²) in [4.78, 5) is 4.36. The Kier molecular flexibility index (Phi) is 2.83. The average molecular weight is 201 g/mol. The van der Waals surface area contributed by atoms with Gasteiger partial charge in [-0.2, -0.15) is 0 Å². The predicted molar refractivity (Wildman–Crippen MR) is 60.3 cm³/mol. The van der Waals surface area contributed by atoms with Crippen LogP contribution in [0.3, 0.4) is 0 Å². The Labute approximate surface area is 89.6 Å². The first kappa shape index (κ1) is 9.93. The zero-order valence-corrected chi connectivity index (χ0v) is 8.85. The Bertz CT molecular complexity index is 431. The average Bonchev–Trinajstić information content (AvgIpc) is 2.62. The van der Waals surface area contributed by atoms with Crippen molar-refractivity contribution in [2.24, 2.45) is 12.8 Å². The smallest absolute Gasteiger partial charge is 0.113 e. The number of nitrogens with two attached hydrogens (primary N) is 1. The van der Waals surface area contributed by atoms with Gasteiger partial charge in [0.05, 0.1) is 5.69 Å². The number of imidazole rings is 1. The molecule has 3 heteroatoms. The molecule has 0 bridgehead atoms. The van der Waals surface area contributed by atoms with Crippen LogP contribution in [0.2, 0.25) is 0 Å². The molecule has 78 valence electrons. The highest BCUT2D eigenvalue weighted by molar-refractivity contribution is 5.20. The molecule has 3 nitrogen and oxygen atoms in total. The van der Waals surface area contributed by atoms with Crippen LogP contribution in [0.25, 0.3) is 0 Å². The van der Waals surface area contributed by atoms with Crippen molar-refractivity contribution in [2.45, 2.75) is 13.0 Å². The van der Waals surface area contributed by atoms with E-state index in [2.05, 4.69) is 21.7 Å². The summed E-state index contributed by atoms with van der Waals surface area (Å²) in [5.41, 5.74) is 7.94. The quantitative estimate of drug-likeness (QED) is 0.817. The van der Waals surface area contributed by atoms with Gasteiger partial charge in [0.2, 0.25) is 0 Å². The van der Waals surface area contributed by atoms with Crippen molar-refractivity contribution in [2.75, 3.05) is 0 Å². The molecule has 0 aliphatic rings. The molecule has 2 aromatic rings. The van der Waals surface area contributed by atoms with Crippen molar-refractivity contribution in [1.29, 1.82) is 0 Å². The highest BCUT2D eigenvalue weighted by atomic mass is 15.1. The Hall–Kier alpha value is -1.61. The third-order valence-electron chi connectivity index (χ3n) is 2.59. The second kappa shape index (κ2) is 4.28. The van der Waals surface area contributed by atoms with Gasteiger partial charge in [0, 0.05) is 26.2 Å². The van der Waals surface area contributed by atoms with Gasteiger partial charge < -0.3 is 10.3 Å². The van der Waals surface area contributed by atoms with Gasteiger partial charge in [-0.25, -0.2) is 4.98 Å². The number of rotatable bonds is 3. The molecule has 1 heterocycles. The van der Waals surface area contributed by atoms with Crippen molar-refractivity contribution in [3.8, 4) is 0 Å². The third-order valence-corrected chi connectivity index (χ3v) is 2.59. The van der Waals surface area contributed by atoms with Crippen LogP contribution in [0.4, 0.5) is 0 Å². The molecule has 15 heavy (non-hydrogen) atoms. The summed E-state index contributed by atoms with van der Waals surface area (Å²) < 4.78 is 2.06. The lowest BCUT2D eigenvalue weighted by Crippen LogP contribution is -2.06. The summed E-state index contributed by atoms with van der Waals surface area (Å²) in [5, 5.41) is 0. The first-order valence-corrected chi connectivity index (χ1v) is 5.04. The molecule has 0 saturated carbocycles. The Balaban J connectivity index is 2.21. The van der Waals surface area contributed by atoms with Gasteiger partial charge in [0.25, 0.3) is 0 Å². The lowest BCUT2D eigenvalue weighted by Gasteiger charge is -2.04. The zero-order chi connectivity index (χ0) is 10.7. The minimum absolute atomic E-state index is 0.540. The first-order valence-electron chi connectivity index (χ1n) is 5.04. The van der Waals surface area contributed by atoms with Crippen molar-refractivity contribution >= 4 is 0 Å². The van der Waals surface area contributed by atoms with E-state index in [4.69, 9.17) is 5.73 Å². The van der Waals surface area contributed by atoms with Gasteiger partial charge in [-0.05, 0) is 5.56 Å². The summed E-state index contributed by atoms with van der Waals surface area (Å²) in [6, 6.07) is 10.3. The van der Waals surface area contributed by atoms with E-state index in [1.54, 1.807) is 0 Å². The fraction of sp³-hybridized carbons (Fsp3) is 0.250. The van der Waals surface area contributed by atoms with E-state index in [9.17, 15) is 0 Å². The molecule has 1 aromatic carbocycles. The Morgan fingerprint density at radius 3 is 2.60 bits per heavy atom. The van der Waals surface area contributed by atoms with Crippen LogP contribution in [0.15, 0.2) is 36.5 Å². The molecular formula is C12H15N3. The van der Waals surface area contributed by atoms with E-state index >= 15 is 0 Å². The lowest BCUT2D eigenvalue weighted by atomic mass is 10.1. The molecule has 0 unspecified atom stereocenters. The topological polar surface area (TPSA) is 43.8 Å². The third kappa shape index (κ3) is 2.07. The maximum absolute atomic E-state index is 5.60. The van der Waals surface area contributed by atoms with E-state index in [-0.39, 0.29) is 0 Å². The van der Waals surface area contributed by atoms with Crippen LogP contribution in [0, 0.1) is 0 Å². The van der Waals surface area contributed by atoms with Crippen LogP contribution < -0.4 is 5.73 Å². The standard InChI is InChI=1S/C12H15N3/c1-15-11(8-13)9-14-12(15)7-10-5-3-2-4-6-10/h2-6,9H,7-8,13H2,1H3. The molecule has 1 aromatic heterocycles. The van der Waals surface area contributed by atoms with Gasteiger partial charge >= 0.3 is 0 Å². The van der Waals surface area contributed by atoms with Gasteiger partial charge in [0.1, 0.15) is 5.82 Å². The van der Waals surface area contributed by atoms with Crippen molar-refractivity contribution in [1.82, 2.24) is 9.55 Å². The van der Waals surface area contributed by atoms with E-state index in [0.717, 1.165) is 17.9 Å². The monoisotopic (exact) mass is 201 g/mol. The van der Waals surface area contributed by atoms with Gasteiger partial charge in [-0.3, -0.25) is 0 Å². The number of benzene rings is 1. The van der Waals surface area contributed by atoms with E-state index in [0.29, 0.717) is 6.54 Å². The highest BCUT2D eigenvalue weighted by Gasteiger charge is 2.05. The van der Waals surface area contributed by atoms with E-state index < -0.39 is 0 Å². The molecular weight excluding hydrogens is 186 g/mol. The second-order valence-electron chi connectivity index (χ2n) is 3.59.